The fourth-order valence-corrected chi connectivity index (χ4v) is 1.49. The highest BCUT2D eigenvalue weighted by atomic mass is 15.0. The molecule has 0 saturated heterocycles. The Kier molecular flexibility index (Phi) is 3.85. The summed E-state index contributed by atoms with van der Waals surface area (Å²) in [6.45, 7) is 5.97. The fourth-order valence-electron chi connectivity index (χ4n) is 1.49. The van der Waals surface area contributed by atoms with E-state index in [0.717, 1.165) is 30.5 Å². The van der Waals surface area contributed by atoms with Crippen molar-refractivity contribution in [2.45, 2.75) is 45.3 Å². The third kappa shape index (κ3) is 3.87. The van der Waals surface area contributed by atoms with Crippen molar-refractivity contribution in [3.8, 4) is 0 Å². The molecular weight excluding hydrogens is 200 g/mol. The number of hydrogen-bond donors (Lipinski definition) is 2. The van der Waals surface area contributed by atoms with Gasteiger partial charge in [0, 0.05) is 37.6 Å². The minimum Gasteiger partial charge on any atom is -0.312 e. The van der Waals surface area contributed by atoms with Crippen LogP contribution in [0.25, 0.3) is 0 Å². The average Bonchev–Trinajstić information content (AvgIpc) is 3.09. The Morgan fingerprint density at radius 2 is 2.19 bits per heavy atom. The van der Waals surface area contributed by atoms with Crippen LogP contribution in [-0.4, -0.2) is 28.6 Å². The highest BCUT2D eigenvalue weighted by Gasteiger charge is 2.20. The van der Waals surface area contributed by atoms with Crippen LogP contribution in [0.2, 0.25) is 0 Å². The molecule has 2 N–H and O–H groups in total. The molecule has 16 heavy (non-hydrogen) atoms. The zero-order valence-electron chi connectivity index (χ0n) is 10.0. The summed E-state index contributed by atoms with van der Waals surface area (Å²) in [5.74, 6) is 0. The number of aryl methyl sites for hydroxylation is 1. The molecule has 1 aliphatic rings. The van der Waals surface area contributed by atoms with E-state index >= 15 is 0 Å². The Hall–Kier alpha value is -1.00. The van der Waals surface area contributed by atoms with E-state index in [0.29, 0.717) is 6.04 Å². The van der Waals surface area contributed by atoms with Gasteiger partial charge in [0.2, 0.25) is 0 Å². The Balaban J connectivity index is 1.67. The highest BCUT2D eigenvalue weighted by molar-refractivity contribution is 5.00. The molecule has 0 amide bonds. The Bertz CT molecular complexity index is 318. The molecule has 1 aromatic rings. The number of nitrogens with one attached hydrogen (secondary N) is 2. The predicted octanol–water partition coefficient (Wildman–Crippen LogP) is 1.02. The Morgan fingerprint density at radius 1 is 1.38 bits per heavy atom. The summed E-state index contributed by atoms with van der Waals surface area (Å²) < 4.78 is 0. The van der Waals surface area contributed by atoms with E-state index in [1.54, 1.807) is 0 Å². The van der Waals surface area contributed by atoms with Gasteiger partial charge >= 0.3 is 0 Å². The highest BCUT2D eigenvalue weighted by Crippen LogP contribution is 2.18. The summed E-state index contributed by atoms with van der Waals surface area (Å²) in [7, 11) is 0. The van der Waals surface area contributed by atoms with Gasteiger partial charge in [-0.25, -0.2) is 0 Å². The predicted molar refractivity (Wildman–Crippen MR) is 64.1 cm³/mol. The second kappa shape index (κ2) is 5.37. The van der Waals surface area contributed by atoms with Gasteiger partial charge in [0.25, 0.3) is 0 Å². The van der Waals surface area contributed by atoms with Crippen LogP contribution in [0.3, 0.4) is 0 Å². The molecule has 1 aliphatic carbocycles. The van der Waals surface area contributed by atoms with Crippen LogP contribution < -0.4 is 10.6 Å². The maximum absolute atomic E-state index is 4.31. The molecule has 4 nitrogen and oxygen atoms in total. The lowest BCUT2D eigenvalue weighted by molar-refractivity contribution is 0.496. The van der Waals surface area contributed by atoms with Crippen LogP contribution in [0.1, 0.15) is 31.2 Å². The van der Waals surface area contributed by atoms with Crippen LogP contribution in [-0.2, 0) is 6.54 Å². The number of aromatic nitrogens is 2. The Labute approximate surface area is 96.9 Å². The topological polar surface area (TPSA) is 49.8 Å². The molecule has 0 radical (unpaired) electrons. The molecule has 1 heterocycles. The monoisotopic (exact) mass is 220 g/mol. The van der Waals surface area contributed by atoms with Crippen molar-refractivity contribution in [3.05, 3.63) is 23.8 Å². The van der Waals surface area contributed by atoms with Crippen molar-refractivity contribution in [1.82, 2.24) is 20.6 Å². The summed E-state index contributed by atoms with van der Waals surface area (Å²) >= 11 is 0. The average molecular weight is 220 g/mol. The molecule has 0 spiro atoms. The first-order valence-corrected chi connectivity index (χ1v) is 5.98. The molecule has 1 unspecified atom stereocenters. The molecule has 88 valence electrons. The van der Waals surface area contributed by atoms with Gasteiger partial charge in [0.1, 0.15) is 0 Å². The largest absolute Gasteiger partial charge is 0.312 e. The van der Waals surface area contributed by atoms with Crippen LogP contribution >= 0.6 is 0 Å². The third-order valence-electron chi connectivity index (χ3n) is 2.76. The van der Waals surface area contributed by atoms with Gasteiger partial charge in [-0.3, -0.25) is 9.97 Å². The molecule has 2 rings (SSSR count). The summed E-state index contributed by atoms with van der Waals surface area (Å²) in [6.07, 6.45) is 6.33. The van der Waals surface area contributed by atoms with Gasteiger partial charge in [-0.2, -0.15) is 0 Å². The van der Waals surface area contributed by atoms with E-state index in [2.05, 4.69) is 27.5 Å². The van der Waals surface area contributed by atoms with E-state index in [9.17, 15) is 0 Å². The molecule has 1 aromatic heterocycles. The van der Waals surface area contributed by atoms with Crippen LogP contribution in [0.15, 0.2) is 12.4 Å². The molecule has 0 aromatic carbocycles. The van der Waals surface area contributed by atoms with Crippen molar-refractivity contribution in [2.24, 2.45) is 0 Å². The minimum absolute atomic E-state index is 0.476. The SMILES string of the molecule is Cc1cnc(CNC(C)CNC2CC2)cn1. The summed E-state index contributed by atoms with van der Waals surface area (Å²) in [5, 5.41) is 6.94. The van der Waals surface area contributed by atoms with Gasteiger partial charge in [-0.1, -0.05) is 0 Å². The quantitative estimate of drug-likeness (QED) is 0.751. The number of rotatable bonds is 6. The summed E-state index contributed by atoms with van der Waals surface area (Å²) in [5.41, 5.74) is 1.97. The van der Waals surface area contributed by atoms with Crippen LogP contribution in [0, 0.1) is 6.92 Å². The van der Waals surface area contributed by atoms with Crippen molar-refractivity contribution in [3.63, 3.8) is 0 Å². The van der Waals surface area contributed by atoms with E-state index in [-0.39, 0.29) is 0 Å². The zero-order valence-corrected chi connectivity index (χ0v) is 10.0. The zero-order chi connectivity index (χ0) is 11.4. The number of nitrogens with zero attached hydrogens (tertiary/aromatic N) is 2. The third-order valence-corrected chi connectivity index (χ3v) is 2.76. The van der Waals surface area contributed by atoms with Crippen molar-refractivity contribution in [2.75, 3.05) is 6.54 Å². The second-order valence-corrected chi connectivity index (χ2v) is 4.61. The maximum atomic E-state index is 4.31. The molecule has 1 atom stereocenters. The number of hydrogen-bond acceptors (Lipinski definition) is 4. The van der Waals surface area contributed by atoms with Crippen molar-refractivity contribution in [1.29, 1.82) is 0 Å². The van der Waals surface area contributed by atoms with E-state index in [1.165, 1.54) is 12.8 Å². The summed E-state index contributed by atoms with van der Waals surface area (Å²) in [6, 6.07) is 1.26. The molecule has 1 fully saturated rings. The Morgan fingerprint density at radius 3 is 2.81 bits per heavy atom. The van der Waals surface area contributed by atoms with E-state index in [4.69, 9.17) is 0 Å². The first-order chi connectivity index (χ1) is 7.74. The lowest BCUT2D eigenvalue weighted by atomic mass is 10.3. The van der Waals surface area contributed by atoms with Gasteiger partial charge in [-0.15, -0.1) is 0 Å². The van der Waals surface area contributed by atoms with Crippen molar-refractivity contribution < 1.29 is 0 Å². The fraction of sp³-hybridized carbons (Fsp3) is 0.667. The second-order valence-electron chi connectivity index (χ2n) is 4.61. The van der Waals surface area contributed by atoms with Crippen LogP contribution in [0.5, 0.6) is 0 Å². The first-order valence-electron chi connectivity index (χ1n) is 5.98. The molecule has 4 heteroatoms. The van der Waals surface area contributed by atoms with Gasteiger partial charge in [0.15, 0.2) is 0 Å². The van der Waals surface area contributed by atoms with Gasteiger partial charge in [0.05, 0.1) is 11.4 Å². The normalized spacial score (nSPS) is 17.4. The van der Waals surface area contributed by atoms with Gasteiger partial charge < -0.3 is 10.6 Å². The summed E-state index contributed by atoms with van der Waals surface area (Å²) in [4.78, 5) is 8.54. The van der Waals surface area contributed by atoms with E-state index < -0.39 is 0 Å². The van der Waals surface area contributed by atoms with Crippen molar-refractivity contribution >= 4 is 0 Å². The smallest absolute Gasteiger partial charge is 0.0724 e. The lowest BCUT2D eigenvalue weighted by Crippen LogP contribution is -2.36. The maximum Gasteiger partial charge on any atom is 0.0724 e. The lowest BCUT2D eigenvalue weighted by Gasteiger charge is -2.13. The van der Waals surface area contributed by atoms with Crippen LogP contribution in [0.4, 0.5) is 0 Å². The van der Waals surface area contributed by atoms with E-state index in [1.807, 2.05) is 19.3 Å². The standard InChI is InChI=1S/C12H20N4/c1-9(5-15-11-3-4-11)13-7-12-8-14-10(2)6-16-12/h6,8-9,11,13,15H,3-5,7H2,1-2H3. The molecule has 0 aliphatic heterocycles. The minimum atomic E-state index is 0.476. The first kappa shape index (κ1) is 11.5. The molecular formula is C12H20N4. The molecule has 0 bridgehead atoms. The van der Waals surface area contributed by atoms with Gasteiger partial charge in [-0.05, 0) is 26.7 Å². The molecule has 1 saturated carbocycles.